The molecule has 0 aliphatic rings. The Hall–Kier alpha value is -2.73. The maximum atomic E-state index is 12.1. The topological polar surface area (TPSA) is 79.5 Å². The summed E-state index contributed by atoms with van der Waals surface area (Å²) < 4.78 is 5.21. The van der Waals surface area contributed by atoms with Gasteiger partial charge in [-0.2, -0.15) is 0 Å². The van der Waals surface area contributed by atoms with Crippen LogP contribution in [0.4, 0.5) is 11.4 Å². The summed E-state index contributed by atoms with van der Waals surface area (Å²) >= 11 is 5.96. The van der Waals surface area contributed by atoms with Crippen LogP contribution in [0.2, 0.25) is 5.02 Å². The van der Waals surface area contributed by atoms with Crippen molar-refractivity contribution in [1.82, 2.24) is 5.32 Å². The summed E-state index contributed by atoms with van der Waals surface area (Å²) in [6, 6.07) is 9.09. The van der Waals surface area contributed by atoms with Crippen molar-refractivity contribution in [3.05, 3.63) is 52.0 Å². The van der Waals surface area contributed by atoms with Gasteiger partial charge in [-0.05, 0) is 50.1 Å². The summed E-state index contributed by atoms with van der Waals surface area (Å²) in [6.07, 6.45) is 0. The molecule has 0 heterocycles. The molecular formula is C20H24ClN3O3. The van der Waals surface area contributed by atoms with Crippen molar-refractivity contribution in [1.29, 1.82) is 0 Å². The van der Waals surface area contributed by atoms with E-state index in [1.54, 1.807) is 18.2 Å². The molecule has 0 atom stereocenters. The number of methoxy groups -OCH3 is 1. The van der Waals surface area contributed by atoms with Crippen LogP contribution < -0.4 is 20.7 Å². The average Bonchev–Trinajstić information content (AvgIpc) is 2.61. The van der Waals surface area contributed by atoms with Gasteiger partial charge in [0.1, 0.15) is 5.75 Å². The van der Waals surface area contributed by atoms with E-state index in [1.165, 1.54) is 7.11 Å². The molecule has 0 aliphatic carbocycles. The molecule has 6 nitrogen and oxygen atoms in total. The van der Waals surface area contributed by atoms with Crippen molar-refractivity contribution < 1.29 is 14.3 Å². The van der Waals surface area contributed by atoms with Crippen molar-refractivity contribution in [2.24, 2.45) is 0 Å². The number of hydrogen-bond donors (Lipinski definition) is 3. The smallest absolute Gasteiger partial charge is 0.243 e. The monoisotopic (exact) mass is 389 g/mol. The van der Waals surface area contributed by atoms with Crippen molar-refractivity contribution >= 4 is 34.8 Å². The third kappa shape index (κ3) is 5.89. The van der Waals surface area contributed by atoms with Crippen LogP contribution in [0.25, 0.3) is 0 Å². The van der Waals surface area contributed by atoms with Gasteiger partial charge in [-0.25, -0.2) is 0 Å². The molecule has 2 aromatic rings. The summed E-state index contributed by atoms with van der Waals surface area (Å²) in [6.45, 7) is 5.77. The highest BCUT2D eigenvalue weighted by molar-refractivity contribution is 6.30. The number of nitrogens with one attached hydrogen (secondary N) is 3. The number of ether oxygens (including phenoxy) is 1. The fourth-order valence-corrected chi connectivity index (χ4v) is 2.97. The van der Waals surface area contributed by atoms with E-state index in [9.17, 15) is 9.59 Å². The van der Waals surface area contributed by atoms with Crippen LogP contribution in [0, 0.1) is 20.8 Å². The SMILES string of the molecule is COc1ccc(Cl)cc1NCC(=O)NCC(=O)Nc1c(C)cc(C)cc1C. The predicted molar refractivity (Wildman–Crippen MR) is 109 cm³/mol. The van der Waals surface area contributed by atoms with E-state index < -0.39 is 0 Å². The fraction of sp³-hybridized carbons (Fsp3) is 0.300. The van der Waals surface area contributed by atoms with Crippen LogP contribution >= 0.6 is 11.6 Å². The van der Waals surface area contributed by atoms with E-state index in [0.717, 1.165) is 22.4 Å². The van der Waals surface area contributed by atoms with Crippen LogP contribution in [-0.4, -0.2) is 32.0 Å². The van der Waals surface area contributed by atoms with Gasteiger partial charge in [0.15, 0.2) is 0 Å². The summed E-state index contributed by atoms with van der Waals surface area (Å²) in [5, 5.41) is 8.92. The molecule has 2 rings (SSSR count). The van der Waals surface area contributed by atoms with Gasteiger partial charge in [0, 0.05) is 10.7 Å². The molecule has 0 bridgehead atoms. The molecule has 0 spiro atoms. The molecule has 0 radical (unpaired) electrons. The Kier molecular flexibility index (Phi) is 7.07. The van der Waals surface area contributed by atoms with Crippen molar-refractivity contribution in [3.8, 4) is 5.75 Å². The van der Waals surface area contributed by atoms with Crippen LogP contribution in [0.5, 0.6) is 5.75 Å². The zero-order chi connectivity index (χ0) is 20.0. The Balaban J connectivity index is 1.85. The van der Waals surface area contributed by atoms with Gasteiger partial charge in [-0.15, -0.1) is 0 Å². The molecule has 3 N–H and O–H groups in total. The Morgan fingerprint density at radius 1 is 1.00 bits per heavy atom. The molecular weight excluding hydrogens is 366 g/mol. The number of benzene rings is 2. The molecule has 144 valence electrons. The Morgan fingerprint density at radius 2 is 1.67 bits per heavy atom. The van der Waals surface area contributed by atoms with Crippen LogP contribution in [-0.2, 0) is 9.59 Å². The zero-order valence-corrected chi connectivity index (χ0v) is 16.7. The molecule has 0 unspecified atom stereocenters. The fourth-order valence-electron chi connectivity index (χ4n) is 2.80. The number of amides is 2. The number of halogens is 1. The van der Waals surface area contributed by atoms with E-state index in [0.29, 0.717) is 16.5 Å². The first-order chi connectivity index (χ1) is 12.8. The standard InChI is InChI=1S/C20H24ClN3O3/c1-12-7-13(2)20(14(3)8-12)24-19(26)11-23-18(25)10-22-16-9-15(21)5-6-17(16)27-4/h5-9,22H,10-11H2,1-4H3,(H,23,25)(H,24,26). The molecule has 7 heteroatoms. The Labute approximate surface area is 164 Å². The first-order valence-electron chi connectivity index (χ1n) is 8.52. The van der Waals surface area contributed by atoms with Gasteiger partial charge >= 0.3 is 0 Å². The number of carbonyl (C=O) groups excluding carboxylic acids is 2. The molecule has 0 aliphatic heterocycles. The van der Waals surface area contributed by atoms with Gasteiger partial charge in [0.2, 0.25) is 11.8 Å². The van der Waals surface area contributed by atoms with Crippen molar-refractivity contribution in [3.63, 3.8) is 0 Å². The van der Waals surface area contributed by atoms with Crippen molar-refractivity contribution in [2.45, 2.75) is 20.8 Å². The van der Waals surface area contributed by atoms with Gasteiger partial charge in [0.25, 0.3) is 0 Å². The molecule has 0 aromatic heterocycles. The summed E-state index contributed by atoms with van der Waals surface area (Å²) in [7, 11) is 1.54. The normalized spacial score (nSPS) is 10.3. The molecule has 0 fully saturated rings. The molecule has 2 aromatic carbocycles. The van der Waals surface area contributed by atoms with Gasteiger partial charge < -0.3 is 20.7 Å². The third-order valence-corrected chi connectivity index (χ3v) is 4.22. The zero-order valence-electron chi connectivity index (χ0n) is 15.9. The highest BCUT2D eigenvalue weighted by Gasteiger charge is 2.11. The Bertz CT molecular complexity index is 829. The lowest BCUT2D eigenvalue weighted by atomic mass is 10.1. The lowest BCUT2D eigenvalue weighted by molar-refractivity contribution is -0.122. The maximum absolute atomic E-state index is 12.1. The number of anilines is 2. The van der Waals surface area contributed by atoms with Crippen molar-refractivity contribution in [2.75, 3.05) is 30.8 Å². The molecule has 27 heavy (non-hydrogen) atoms. The summed E-state index contributed by atoms with van der Waals surface area (Å²) in [5.74, 6) is -0.0152. The minimum Gasteiger partial charge on any atom is -0.495 e. The van der Waals surface area contributed by atoms with E-state index in [2.05, 4.69) is 16.0 Å². The van der Waals surface area contributed by atoms with Gasteiger partial charge in [-0.3, -0.25) is 9.59 Å². The van der Waals surface area contributed by atoms with E-state index >= 15 is 0 Å². The number of hydrogen-bond acceptors (Lipinski definition) is 4. The number of carbonyl (C=O) groups is 2. The highest BCUT2D eigenvalue weighted by Crippen LogP contribution is 2.27. The van der Waals surface area contributed by atoms with E-state index in [1.807, 2.05) is 32.9 Å². The lowest BCUT2D eigenvalue weighted by Gasteiger charge is -2.14. The van der Waals surface area contributed by atoms with Crippen LogP contribution in [0.1, 0.15) is 16.7 Å². The molecule has 0 saturated heterocycles. The van der Waals surface area contributed by atoms with Crippen LogP contribution in [0.15, 0.2) is 30.3 Å². The number of aryl methyl sites for hydroxylation is 3. The second-order valence-corrected chi connectivity index (χ2v) is 6.73. The second kappa shape index (κ2) is 9.28. The predicted octanol–water partition coefficient (Wildman–Crippen LogP) is 3.44. The third-order valence-electron chi connectivity index (χ3n) is 3.99. The first-order valence-corrected chi connectivity index (χ1v) is 8.89. The average molecular weight is 390 g/mol. The van der Waals surface area contributed by atoms with E-state index in [4.69, 9.17) is 16.3 Å². The molecule has 0 saturated carbocycles. The first kappa shape index (κ1) is 20.6. The van der Waals surface area contributed by atoms with E-state index in [-0.39, 0.29) is 24.9 Å². The second-order valence-electron chi connectivity index (χ2n) is 6.30. The van der Waals surface area contributed by atoms with Crippen LogP contribution in [0.3, 0.4) is 0 Å². The van der Waals surface area contributed by atoms with Gasteiger partial charge in [0.05, 0.1) is 25.9 Å². The minimum atomic E-state index is -0.315. The quantitative estimate of drug-likeness (QED) is 0.677. The summed E-state index contributed by atoms with van der Waals surface area (Å²) in [5.41, 5.74) is 4.50. The Morgan fingerprint density at radius 3 is 2.30 bits per heavy atom. The summed E-state index contributed by atoms with van der Waals surface area (Å²) in [4.78, 5) is 24.2. The van der Waals surface area contributed by atoms with Gasteiger partial charge in [-0.1, -0.05) is 29.3 Å². The maximum Gasteiger partial charge on any atom is 0.243 e. The minimum absolute atomic E-state index is 0.00737. The molecule has 2 amide bonds. The largest absolute Gasteiger partial charge is 0.495 e. The number of rotatable bonds is 7. The highest BCUT2D eigenvalue weighted by atomic mass is 35.5. The lowest BCUT2D eigenvalue weighted by Crippen LogP contribution is -2.36.